The van der Waals surface area contributed by atoms with Gasteiger partial charge in [-0.05, 0) is 24.6 Å². The van der Waals surface area contributed by atoms with Gasteiger partial charge in [-0.25, -0.2) is 9.18 Å². The zero-order valence-corrected chi connectivity index (χ0v) is 16.0. The van der Waals surface area contributed by atoms with Crippen LogP contribution in [0.15, 0.2) is 18.2 Å². The number of alkyl halides is 3. The molecule has 3 fully saturated rings. The molecule has 0 aromatic heterocycles. The number of amides is 3. The molecule has 4 rings (SSSR count). The molecule has 0 spiro atoms. The van der Waals surface area contributed by atoms with Gasteiger partial charge in [0.15, 0.2) is 11.6 Å². The fraction of sp³-hybridized carbons (Fsp3) is 0.579. The Morgan fingerprint density at radius 1 is 1.17 bits per heavy atom. The summed E-state index contributed by atoms with van der Waals surface area (Å²) in [6.45, 7) is 1.30. The van der Waals surface area contributed by atoms with Crippen molar-refractivity contribution in [3.05, 3.63) is 29.6 Å². The quantitative estimate of drug-likeness (QED) is 0.728. The van der Waals surface area contributed by atoms with Crippen LogP contribution in [0.3, 0.4) is 0 Å². The van der Waals surface area contributed by atoms with E-state index in [0.29, 0.717) is 44.6 Å². The Balaban J connectivity index is 1.36. The Kier molecular flexibility index (Phi) is 5.48. The number of piperidine rings is 1. The first-order chi connectivity index (χ1) is 14.2. The Morgan fingerprint density at radius 3 is 2.67 bits per heavy atom. The number of carbonyl (C=O) groups is 2. The van der Waals surface area contributed by atoms with Crippen molar-refractivity contribution in [1.29, 1.82) is 0 Å². The Labute approximate surface area is 169 Å². The largest absolute Gasteiger partial charge is 0.485 e. The number of ether oxygens (including phenoxy) is 2. The maximum absolute atomic E-state index is 13.9. The molecule has 0 aliphatic carbocycles. The molecular weight excluding hydrogens is 410 g/mol. The van der Waals surface area contributed by atoms with Gasteiger partial charge >= 0.3 is 12.2 Å². The summed E-state index contributed by atoms with van der Waals surface area (Å²) in [4.78, 5) is 27.5. The minimum absolute atomic E-state index is 0.0202. The van der Waals surface area contributed by atoms with E-state index in [2.05, 4.69) is 5.32 Å². The SMILES string of the molecule is O=C1CO[C@H]2CCN(C(=O)N3CC[C@@H](Oc4cc(C(F)(F)F)ccc4F)C3)C[C@H]2N1. The summed E-state index contributed by atoms with van der Waals surface area (Å²) >= 11 is 0. The van der Waals surface area contributed by atoms with Crippen LogP contribution in [0.25, 0.3) is 0 Å². The van der Waals surface area contributed by atoms with Gasteiger partial charge < -0.3 is 24.6 Å². The molecule has 1 N–H and O–H groups in total. The zero-order valence-electron chi connectivity index (χ0n) is 16.0. The first-order valence-corrected chi connectivity index (χ1v) is 9.69. The van der Waals surface area contributed by atoms with Crippen LogP contribution in [-0.4, -0.2) is 72.8 Å². The predicted molar refractivity (Wildman–Crippen MR) is 95.3 cm³/mol. The van der Waals surface area contributed by atoms with Crippen LogP contribution in [0.4, 0.5) is 22.4 Å². The van der Waals surface area contributed by atoms with Crippen LogP contribution in [0.1, 0.15) is 18.4 Å². The highest BCUT2D eigenvalue weighted by molar-refractivity contribution is 5.79. The standard InChI is InChI=1S/C19H21F4N3O4/c20-13-2-1-11(19(21,22)23)7-16(13)30-12-3-5-25(8-12)18(28)26-6-4-15-14(9-26)24-17(27)10-29-15/h1-2,7,12,14-15H,3-6,8-10H2,(H,24,27)/t12-,14-,15+/m1/s1. The number of rotatable bonds is 2. The van der Waals surface area contributed by atoms with Crippen molar-refractivity contribution >= 4 is 11.9 Å². The van der Waals surface area contributed by atoms with Gasteiger partial charge in [0.1, 0.15) is 12.7 Å². The lowest BCUT2D eigenvalue weighted by molar-refractivity contribution is -0.140. The smallest absolute Gasteiger partial charge is 0.416 e. The number of urea groups is 1. The highest BCUT2D eigenvalue weighted by Crippen LogP contribution is 2.33. The van der Waals surface area contributed by atoms with Crippen LogP contribution in [0.5, 0.6) is 5.75 Å². The molecule has 3 aliphatic rings. The number of hydrogen-bond donors (Lipinski definition) is 1. The molecule has 3 aliphatic heterocycles. The molecule has 7 nitrogen and oxygen atoms in total. The number of morpholine rings is 1. The Bertz CT molecular complexity index is 834. The highest BCUT2D eigenvalue weighted by Gasteiger charge is 2.39. The second-order valence-corrected chi connectivity index (χ2v) is 7.66. The molecule has 3 saturated heterocycles. The second kappa shape index (κ2) is 7.93. The van der Waals surface area contributed by atoms with Crippen molar-refractivity contribution in [3.8, 4) is 5.75 Å². The third kappa shape index (κ3) is 4.30. The Hall–Kier alpha value is -2.56. The number of fused-ring (bicyclic) bond motifs is 1. The molecule has 0 radical (unpaired) electrons. The molecule has 3 atom stereocenters. The number of likely N-dealkylation sites (tertiary alicyclic amines) is 2. The fourth-order valence-electron chi connectivity index (χ4n) is 4.02. The van der Waals surface area contributed by atoms with E-state index in [4.69, 9.17) is 9.47 Å². The van der Waals surface area contributed by atoms with Gasteiger partial charge in [-0.3, -0.25) is 4.79 Å². The monoisotopic (exact) mass is 431 g/mol. The molecule has 11 heteroatoms. The fourth-order valence-corrected chi connectivity index (χ4v) is 4.02. The van der Waals surface area contributed by atoms with E-state index >= 15 is 0 Å². The van der Waals surface area contributed by atoms with Gasteiger partial charge in [0.2, 0.25) is 5.91 Å². The van der Waals surface area contributed by atoms with E-state index in [9.17, 15) is 27.2 Å². The summed E-state index contributed by atoms with van der Waals surface area (Å²) in [6.07, 6.45) is -4.36. The average molecular weight is 431 g/mol. The Morgan fingerprint density at radius 2 is 1.90 bits per heavy atom. The lowest BCUT2D eigenvalue weighted by Crippen LogP contribution is -2.62. The molecular formula is C19H21F4N3O4. The number of benzene rings is 1. The zero-order chi connectivity index (χ0) is 21.5. The van der Waals surface area contributed by atoms with Gasteiger partial charge in [0.05, 0.1) is 24.3 Å². The van der Waals surface area contributed by atoms with Crippen LogP contribution < -0.4 is 10.1 Å². The molecule has 3 amide bonds. The molecule has 1 aromatic carbocycles. The molecule has 0 saturated carbocycles. The molecule has 3 heterocycles. The number of carbonyl (C=O) groups excluding carboxylic acids is 2. The minimum atomic E-state index is -4.60. The summed E-state index contributed by atoms with van der Waals surface area (Å²) < 4.78 is 63.4. The van der Waals surface area contributed by atoms with Crippen LogP contribution in [-0.2, 0) is 15.7 Å². The van der Waals surface area contributed by atoms with E-state index in [0.717, 1.165) is 6.07 Å². The van der Waals surface area contributed by atoms with Crippen LogP contribution in [0, 0.1) is 5.82 Å². The van der Waals surface area contributed by atoms with Crippen molar-refractivity contribution in [2.75, 3.05) is 32.8 Å². The van der Waals surface area contributed by atoms with Crippen LogP contribution >= 0.6 is 0 Å². The van der Waals surface area contributed by atoms with Crippen molar-refractivity contribution in [2.24, 2.45) is 0 Å². The van der Waals surface area contributed by atoms with Crippen molar-refractivity contribution in [2.45, 2.75) is 37.3 Å². The summed E-state index contributed by atoms with van der Waals surface area (Å²) in [5, 5.41) is 2.82. The second-order valence-electron chi connectivity index (χ2n) is 7.66. The molecule has 0 bridgehead atoms. The average Bonchev–Trinajstić information content (AvgIpc) is 3.16. The molecule has 1 aromatic rings. The maximum Gasteiger partial charge on any atom is 0.416 e. The summed E-state index contributed by atoms with van der Waals surface area (Å²) in [7, 11) is 0. The van der Waals surface area contributed by atoms with Gasteiger partial charge in [0.25, 0.3) is 0 Å². The van der Waals surface area contributed by atoms with Crippen molar-refractivity contribution in [3.63, 3.8) is 0 Å². The van der Waals surface area contributed by atoms with Crippen LogP contribution in [0.2, 0.25) is 0 Å². The molecule has 164 valence electrons. The van der Waals surface area contributed by atoms with Gasteiger partial charge in [0, 0.05) is 26.1 Å². The third-order valence-corrected chi connectivity index (χ3v) is 5.56. The normalized spacial score (nSPS) is 26.9. The predicted octanol–water partition coefficient (Wildman–Crippen LogP) is 2.01. The van der Waals surface area contributed by atoms with E-state index in [1.807, 2.05) is 0 Å². The van der Waals surface area contributed by atoms with Gasteiger partial charge in [-0.2, -0.15) is 13.2 Å². The number of nitrogens with zero attached hydrogens (tertiary/aromatic N) is 2. The topological polar surface area (TPSA) is 71.1 Å². The highest BCUT2D eigenvalue weighted by atomic mass is 19.4. The van der Waals surface area contributed by atoms with E-state index in [-0.39, 0.29) is 37.2 Å². The van der Waals surface area contributed by atoms with E-state index in [1.54, 1.807) is 4.90 Å². The van der Waals surface area contributed by atoms with E-state index in [1.165, 1.54) is 4.90 Å². The summed E-state index contributed by atoms with van der Waals surface area (Å²) in [5.74, 6) is -1.59. The number of hydrogen-bond acceptors (Lipinski definition) is 4. The summed E-state index contributed by atoms with van der Waals surface area (Å²) in [5.41, 5.74) is -0.996. The third-order valence-electron chi connectivity index (χ3n) is 5.56. The van der Waals surface area contributed by atoms with Gasteiger partial charge in [-0.1, -0.05) is 0 Å². The first kappa shape index (κ1) is 20.7. The van der Waals surface area contributed by atoms with E-state index < -0.39 is 29.4 Å². The van der Waals surface area contributed by atoms with Gasteiger partial charge in [-0.15, -0.1) is 0 Å². The molecule has 0 unspecified atom stereocenters. The maximum atomic E-state index is 13.9. The minimum Gasteiger partial charge on any atom is -0.485 e. The lowest BCUT2D eigenvalue weighted by Gasteiger charge is -2.42. The number of halogens is 4. The molecule has 30 heavy (non-hydrogen) atoms. The number of nitrogens with one attached hydrogen (secondary N) is 1. The summed E-state index contributed by atoms with van der Waals surface area (Å²) in [6, 6.07) is 1.50. The first-order valence-electron chi connectivity index (χ1n) is 9.69. The lowest BCUT2D eigenvalue weighted by atomic mass is 10.0. The van der Waals surface area contributed by atoms with Crippen molar-refractivity contribution < 1.29 is 36.6 Å². The van der Waals surface area contributed by atoms with Crippen molar-refractivity contribution in [1.82, 2.24) is 15.1 Å².